The molecule has 0 aliphatic rings. The minimum atomic E-state index is 0.802. The molecular formula is C31H34N4. The average molecular weight is 463 g/mol. The Labute approximate surface area is 209 Å². The van der Waals surface area contributed by atoms with E-state index in [1.807, 2.05) is 18.2 Å². The zero-order valence-electron chi connectivity index (χ0n) is 21.8. The van der Waals surface area contributed by atoms with Crippen LogP contribution in [0.25, 0.3) is 0 Å². The second-order valence-corrected chi connectivity index (χ2v) is 9.25. The topological polar surface area (TPSA) is 40.5 Å². The molecule has 0 atom stereocenters. The van der Waals surface area contributed by atoms with E-state index in [4.69, 9.17) is 9.98 Å². The smallest absolute Gasteiger partial charge is 0.140 e. The molecule has 4 nitrogen and oxygen atoms in total. The molecule has 1 aromatic heterocycles. The highest BCUT2D eigenvalue weighted by Crippen LogP contribution is 2.34. The van der Waals surface area contributed by atoms with Gasteiger partial charge in [-0.2, -0.15) is 0 Å². The third kappa shape index (κ3) is 5.12. The fourth-order valence-electron chi connectivity index (χ4n) is 4.55. The summed E-state index contributed by atoms with van der Waals surface area (Å²) in [7, 11) is 0. The van der Waals surface area contributed by atoms with Crippen LogP contribution in [-0.4, -0.2) is 10.8 Å². The van der Waals surface area contributed by atoms with Crippen molar-refractivity contribution >= 4 is 34.5 Å². The van der Waals surface area contributed by atoms with Gasteiger partial charge in [-0.3, -0.25) is 4.90 Å². The van der Waals surface area contributed by atoms with E-state index in [9.17, 15) is 0 Å². The summed E-state index contributed by atoms with van der Waals surface area (Å²) >= 11 is 0. The predicted octanol–water partition coefficient (Wildman–Crippen LogP) is 8.56. The van der Waals surface area contributed by atoms with Crippen LogP contribution in [0, 0.1) is 41.5 Å². The SMILES string of the molecule is CC(=Nc1c(C)cccc1C)N(c1cccc(Nc2c(C)cccc2C)n1)c1c(C)cccc1C. The summed E-state index contributed by atoms with van der Waals surface area (Å²) in [4.78, 5) is 12.3. The molecule has 3 aromatic carbocycles. The van der Waals surface area contributed by atoms with Crippen molar-refractivity contribution in [2.45, 2.75) is 48.5 Å². The van der Waals surface area contributed by atoms with Crippen LogP contribution in [0.4, 0.5) is 28.7 Å². The lowest BCUT2D eigenvalue weighted by molar-refractivity contribution is 1.16. The number of anilines is 4. The number of para-hydroxylation sites is 3. The van der Waals surface area contributed by atoms with Gasteiger partial charge < -0.3 is 5.32 Å². The molecule has 1 N–H and O–H groups in total. The van der Waals surface area contributed by atoms with Gasteiger partial charge >= 0.3 is 0 Å². The molecule has 0 amide bonds. The maximum atomic E-state index is 5.12. The number of aliphatic imine (C=N–C) groups is 1. The summed E-state index contributed by atoms with van der Waals surface area (Å²) in [5.74, 6) is 2.50. The highest BCUT2D eigenvalue weighted by molar-refractivity contribution is 6.04. The second-order valence-electron chi connectivity index (χ2n) is 9.25. The molecule has 0 spiro atoms. The molecule has 1 heterocycles. The molecule has 0 saturated heterocycles. The summed E-state index contributed by atoms with van der Waals surface area (Å²) < 4.78 is 0. The number of hydrogen-bond acceptors (Lipinski definition) is 3. The van der Waals surface area contributed by atoms with Crippen LogP contribution < -0.4 is 10.2 Å². The number of aryl methyl sites for hydroxylation is 6. The first kappa shape index (κ1) is 24.2. The van der Waals surface area contributed by atoms with Crippen molar-refractivity contribution in [3.8, 4) is 0 Å². The molecule has 178 valence electrons. The van der Waals surface area contributed by atoms with Crippen LogP contribution in [0.1, 0.15) is 40.3 Å². The molecule has 0 aliphatic heterocycles. The molecule has 0 aliphatic carbocycles. The van der Waals surface area contributed by atoms with E-state index in [1.165, 1.54) is 22.3 Å². The maximum absolute atomic E-state index is 5.12. The highest BCUT2D eigenvalue weighted by atomic mass is 15.3. The average Bonchev–Trinajstić information content (AvgIpc) is 2.81. The number of aromatic nitrogens is 1. The van der Waals surface area contributed by atoms with Crippen LogP contribution in [0.3, 0.4) is 0 Å². The first-order valence-electron chi connectivity index (χ1n) is 12.0. The Morgan fingerprint density at radius 3 is 1.71 bits per heavy atom. The van der Waals surface area contributed by atoms with Crippen LogP contribution in [0.5, 0.6) is 0 Å². The van der Waals surface area contributed by atoms with Crippen molar-refractivity contribution in [2.24, 2.45) is 4.99 Å². The molecule has 0 unspecified atom stereocenters. The van der Waals surface area contributed by atoms with Crippen molar-refractivity contribution in [3.63, 3.8) is 0 Å². The van der Waals surface area contributed by atoms with Gasteiger partial charge in [0, 0.05) is 5.69 Å². The summed E-state index contributed by atoms with van der Waals surface area (Å²) in [6.07, 6.45) is 0. The van der Waals surface area contributed by atoms with Gasteiger partial charge in [0.1, 0.15) is 17.5 Å². The first-order valence-corrected chi connectivity index (χ1v) is 12.0. The zero-order chi connectivity index (χ0) is 25.1. The van der Waals surface area contributed by atoms with E-state index >= 15 is 0 Å². The monoisotopic (exact) mass is 462 g/mol. The maximum Gasteiger partial charge on any atom is 0.140 e. The first-order chi connectivity index (χ1) is 16.8. The van der Waals surface area contributed by atoms with E-state index in [0.717, 1.165) is 45.7 Å². The van der Waals surface area contributed by atoms with Crippen molar-refractivity contribution in [1.82, 2.24) is 4.98 Å². The minimum Gasteiger partial charge on any atom is -0.340 e. The summed E-state index contributed by atoms with van der Waals surface area (Å²) in [6.45, 7) is 14.8. The van der Waals surface area contributed by atoms with E-state index in [0.29, 0.717) is 0 Å². The van der Waals surface area contributed by atoms with Crippen molar-refractivity contribution in [2.75, 3.05) is 10.2 Å². The fourth-order valence-corrected chi connectivity index (χ4v) is 4.55. The molecule has 0 saturated carbocycles. The molecule has 4 rings (SSSR count). The fraction of sp³-hybridized carbons (Fsp3) is 0.226. The Morgan fingerprint density at radius 2 is 1.14 bits per heavy atom. The predicted molar refractivity (Wildman–Crippen MR) is 150 cm³/mol. The Kier molecular flexibility index (Phi) is 7.02. The third-order valence-corrected chi connectivity index (χ3v) is 6.40. The van der Waals surface area contributed by atoms with E-state index < -0.39 is 0 Å². The number of benzene rings is 3. The standard InChI is InChI=1S/C31H34N4/c1-20-12-8-13-21(2)29(20)32-26(7)35(31-24(5)16-10-17-25(31)6)28-19-11-18-27(33-28)34-30-22(3)14-9-15-23(30)4/h8-19H,1-7H3,(H,33,34). The molecular weight excluding hydrogens is 428 g/mol. The number of nitrogens with one attached hydrogen (secondary N) is 1. The van der Waals surface area contributed by atoms with Gasteiger partial charge in [0.25, 0.3) is 0 Å². The largest absolute Gasteiger partial charge is 0.340 e. The number of rotatable bonds is 5. The van der Waals surface area contributed by atoms with Crippen molar-refractivity contribution < 1.29 is 0 Å². The summed E-state index contributed by atoms with van der Waals surface area (Å²) in [5, 5.41) is 3.55. The van der Waals surface area contributed by atoms with E-state index in [1.54, 1.807) is 0 Å². The van der Waals surface area contributed by atoms with Crippen LogP contribution >= 0.6 is 0 Å². The Bertz CT molecular complexity index is 1340. The number of pyridine rings is 1. The zero-order valence-corrected chi connectivity index (χ0v) is 21.8. The van der Waals surface area contributed by atoms with E-state index in [-0.39, 0.29) is 0 Å². The molecule has 0 radical (unpaired) electrons. The Balaban J connectivity index is 1.85. The van der Waals surface area contributed by atoms with Gasteiger partial charge in [0.2, 0.25) is 0 Å². The lowest BCUT2D eigenvalue weighted by atomic mass is 10.1. The number of nitrogens with zero attached hydrogens (tertiary/aromatic N) is 3. The lowest BCUT2D eigenvalue weighted by Gasteiger charge is -2.28. The number of amidine groups is 1. The third-order valence-electron chi connectivity index (χ3n) is 6.40. The van der Waals surface area contributed by atoms with Gasteiger partial charge in [-0.15, -0.1) is 0 Å². The lowest BCUT2D eigenvalue weighted by Crippen LogP contribution is -2.26. The highest BCUT2D eigenvalue weighted by Gasteiger charge is 2.20. The normalized spacial score (nSPS) is 11.5. The van der Waals surface area contributed by atoms with Gasteiger partial charge in [-0.1, -0.05) is 60.7 Å². The van der Waals surface area contributed by atoms with Crippen molar-refractivity contribution in [3.05, 3.63) is 106 Å². The molecule has 0 bridgehead atoms. The molecule has 0 fully saturated rings. The quantitative estimate of drug-likeness (QED) is 0.238. The van der Waals surface area contributed by atoms with Gasteiger partial charge in [0.05, 0.1) is 11.4 Å². The summed E-state index contributed by atoms with van der Waals surface area (Å²) in [6, 6.07) is 25.1. The minimum absolute atomic E-state index is 0.802. The molecule has 4 aromatic rings. The molecule has 4 heteroatoms. The Hall–Kier alpha value is -3.92. The number of hydrogen-bond donors (Lipinski definition) is 1. The summed E-state index contributed by atoms with van der Waals surface area (Å²) in [5.41, 5.74) is 10.3. The van der Waals surface area contributed by atoms with Crippen molar-refractivity contribution in [1.29, 1.82) is 0 Å². The van der Waals surface area contributed by atoms with Crippen LogP contribution in [-0.2, 0) is 0 Å². The van der Waals surface area contributed by atoms with Gasteiger partial charge in [-0.05, 0) is 94.0 Å². The van der Waals surface area contributed by atoms with E-state index in [2.05, 4.69) is 113 Å². The second kappa shape index (κ2) is 10.1. The van der Waals surface area contributed by atoms with Gasteiger partial charge in [0.15, 0.2) is 0 Å². The molecule has 35 heavy (non-hydrogen) atoms. The Morgan fingerprint density at radius 1 is 0.657 bits per heavy atom. The van der Waals surface area contributed by atoms with Crippen LogP contribution in [0.15, 0.2) is 77.8 Å². The van der Waals surface area contributed by atoms with Gasteiger partial charge in [-0.25, -0.2) is 9.98 Å². The van der Waals surface area contributed by atoms with Crippen LogP contribution in [0.2, 0.25) is 0 Å².